The Kier molecular flexibility index (Phi) is 5.38. The smallest absolute Gasteiger partial charge is 0.136 e. The predicted molar refractivity (Wildman–Crippen MR) is 70.8 cm³/mol. The molecular formula is C15H26O2. The van der Waals surface area contributed by atoms with Gasteiger partial charge in [0.2, 0.25) is 0 Å². The molecular weight excluding hydrogens is 212 g/mol. The van der Waals surface area contributed by atoms with Gasteiger partial charge in [0.15, 0.2) is 0 Å². The molecule has 0 heterocycles. The van der Waals surface area contributed by atoms with E-state index in [1.165, 1.54) is 0 Å². The lowest BCUT2D eigenvalue weighted by atomic mass is 9.69. The minimum absolute atomic E-state index is 0.173. The van der Waals surface area contributed by atoms with Crippen molar-refractivity contribution in [1.29, 1.82) is 0 Å². The summed E-state index contributed by atoms with van der Waals surface area (Å²) in [6.45, 7) is 7.90. The molecule has 0 aromatic rings. The molecule has 0 radical (unpaired) electrons. The first kappa shape index (κ1) is 14.4. The Hall–Kier alpha value is -0.630. The van der Waals surface area contributed by atoms with Crippen LogP contribution in [-0.2, 0) is 4.79 Å². The second kappa shape index (κ2) is 6.34. The number of hydrogen-bond acceptors (Lipinski definition) is 2. The van der Waals surface area contributed by atoms with Crippen LogP contribution in [0.1, 0.15) is 58.8 Å². The zero-order valence-electron chi connectivity index (χ0n) is 11.2. The Morgan fingerprint density at radius 3 is 2.82 bits per heavy atom. The van der Waals surface area contributed by atoms with Crippen LogP contribution in [0.5, 0.6) is 0 Å². The molecule has 3 atom stereocenters. The molecule has 0 unspecified atom stereocenters. The van der Waals surface area contributed by atoms with Gasteiger partial charge in [0.1, 0.15) is 5.78 Å². The Balaban J connectivity index is 2.52. The minimum Gasteiger partial charge on any atom is -0.390 e. The summed E-state index contributed by atoms with van der Waals surface area (Å²) >= 11 is 0. The zero-order chi connectivity index (χ0) is 12.9. The molecule has 0 spiro atoms. The largest absolute Gasteiger partial charge is 0.390 e. The average Bonchev–Trinajstić information content (AvgIpc) is 2.26. The lowest BCUT2D eigenvalue weighted by Gasteiger charge is -2.39. The van der Waals surface area contributed by atoms with E-state index in [4.69, 9.17) is 0 Å². The summed E-state index contributed by atoms with van der Waals surface area (Å²) in [6, 6.07) is 0. The van der Waals surface area contributed by atoms with Crippen LogP contribution in [0.4, 0.5) is 0 Å². The van der Waals surface area contributed by atoms with E-state index in [2.05, 4.69) is 20.4 Å². The van der Waals surface area contributed by atoms with Crippen molar-refractivity contribution in [3.63, 3.8) is 0 Å². The minimum atomic E-state index is -0.608. The van der Waals surface area contributed by atoms with E-state index in [9.17, 15) is 9.90 Å². The van der Waals surface area contributed by atoms with Crippen LogP contribution in [0.3, 0.4) is 0 Å². The molecule has 0 aromatic carbocycles. The van der Waals surface area contributed by atoms with Crippen molar-refractivity contribution in [3.05, 3.63) is 12.7 Å². The molecule has 1 saturated carbocycles. The summed E-state index contributed by atoms with van der Waals surface area (Å²) in [7, 11) is 0. The Labute approximate surface area is 105 Å². The second-order valence-electron chi connectivity index (χ2n) is 5.61. The van der Waals surface area contributed by atoms with Gasteiger partial charge >= 0.3 is 0 Å². The monoisotopic (exact) mass is 238 g/mol. The highest BCUT2D eigenvalue weighted by atomic mass is 16.3. The standard InChI is InChI=1S/C15H26O2/c1-4-6-7-14(16)13-8-10-15(17,9-5-2)11-12(13)3/h5,12-13,17H,2,4,6-11H2,1,3H3/t12-,13-,15+/m0/s1. The van der Waals surface area contributed by atoms with E-state index in [1.807, 2.05) is 0 Å². The second-order valence-corrected chi connectivity index (χ2v) is 5.61. The Morgan fingerprint density at radius 2 is 2.29 bits per heavy atom. The third-order valence-electron chi connectivity index (χ3n) is 4.02. The van der Waals surface area contributed by atoms with E-state index in [0.717, 1.165) is 32.1 Å². The summed E-state index contributed by atoms with van der Waals surface area (Å²) in [5.41, 5.74) is -0.608. The first-order chi connectivity index (χ1) is 8.02. The van der Waals surface area contributed by atoms with Crippen LogP contribution >= 0.6 is 0 Å². The molecule has 17 heavy (non-hydrogen) atoms. The van der Waals surface area contributed by atoms with E-state index < -0.39 is 5.60 Å². The van der Waals surface area contributed by atoms with Crippen molar-refractivity contribution >= 4 is 5.78 Å². The summed E-state index contributed by atoms with van der Waals surface area (Å²) in [5.74, 6) is 0.879. The fourth-order valence-corrected chi connectivity index (χ4v) is 3.02. The highest BCUT2D eigenvalue weighted by molar-refractivity contribution is 5.81. The van der Waals surface area contributed by atoms with Crippen LogP contribution in [-0.4, -0.2) is 16.5 Å². The molecule has 0 aromatic heterocycles. The number of aliphatic hydroxyl groups is 1. The average molecular weight is 238 g/mol. The zero-order valence-corrected chi connectivity index (χ0v) is 11.2. The van der Waals surface area contributed by atoms with Crippen molar-refractivity contribution in [1.82, 2.24) is 0 Å². The van der Waals surface area contributed by atoms with Gasteiger partial charge < -0.3 is 5.11 Å². The number of carbonyl (C=O) groups excluding carboxylic acids is 1. The number of ketones is 1. The maximum Gasteiger partial charge on any atom is 0.136 e. The molecule has 98 valence electrons. The summed E-state index contributed by atoms with van der Waals surface area (Å²) in [6.07, 6.45) is 7.54. The molecule has 1 N–H and O–H groups in total. The van der Waals surface area contributed by atoms with Gasteiger partial charge in [-0.3, -0.25) is 4.79 Å². The van der Waals surface area contributed by atoms with Crippen LogP contribution in [0.25, 0.3) is 0 Å². The molecule has 0 aliphatic heterocycles. The lowest BCUT2D eigenvalue weighted by Crippen LogP contribution is -2.40. The fourth-order valence-electron chi connectivity index (χ4n) is 3.02. The molecule has 1 rings (SSSR count). The number of Topliss-reactive ketones (excluding diaryl/α,β-unsaturated/α-hetero) is 1. The summed E-state index contributed by atoms with van der Waals surface area (Å²) in [5, 5.41) is 10.3. The van der Waals surface area contributed by atoms with Crippen molar-refractivity contribution in [2.75, 3.05) is 0 Å². The summed E-state index contributed by atoms with van der Waals surface area (Å²) < 4.78 is 0. The van der Waals surface area contributed by atoms with Gasteiger partial charge in [-0.05, 0) is 38.0 Å². The highest BCUT2D eigenvalue weighted by Crippen LogP contribution is 2.39. The Bertz CT molecular complexity index is 272. The van der Waals surface area contributed by atoms with Gasteiger partial charge in [-0.1, -0.05) is 26.3 Å². The van der Waals surface area contributed by atoms with Gasteiger partial charge in [-0.15, -0.1) is 6.58 Å². The number of carbonyl (C=O) groups is 1. The van der Waals surface area contributed by atoms with E-state index in [1.54, 1.807) is 6.08 Å². The molecule has 0 saturated heterocycles. The molecule has 1 fully saturated rings. The third-order valence-corrected chi connectivity index (χ3v) is 4.02. The topological polar surface area (TPSA) is 37.3 Å². The molecule has 1 aliphatic rings. The third kappa shape index (κ3) is 3.95. The van der Waals surface area contributed by atoms with Gasteiger partial charge in [0.05, 0.1) is 5.60 Å². The molecule has 2 heteroatoms. The van der Waals surface area contributed by atoms with E-state index in [-0.39, 0.29) is 5.92 Å². The number of rotatable bonds is 6. The van der Waals surface area contributed by atoms with Gasteiger partial charge in [0, 0.05) is 12.3 Å². The van der Waals surface area contributed by atoms with Crippen molar-refractivity contribution < 1.29 is 9.90 Å². The first-order valence-corrected chi connectivity index (χ1v) is 6.88. The summed E-state index contributed by atoms with van der Waals surface area (Å²) in [4.78, 5) is 12.0. The van der Waals surface area contributed by atoms with Crippen molar-refractivity contribution in [2.24, 2.45) is 11.8 Å². The molecule has 1 aliphatic carbocycles. The van der Waals surface area contributed by atoms with Crippen LogP contribution in [0.15, 0.2) is 12.7 Å². The first-order valence-electron chi connectivity index (χ1n) is 6.88. The molecule has 2 nitrogen and oxygen atoms in total. The van der Waals surface area contributed by atoms with Gasteiger partial charge in [-0.2, -0.15) is 0 Å². The normalized spacial score (nSPS) is 33.4. The molecule has 0 bridgehead atoms. The predicted octanol–water partition coefficient (Wildman–Crippen LogP) is 3.49. The fraction of sp³-hybridized carbons (Fsp3) is 0.800. The lowest BCUT2D eigenvalue weighted by molar-refractivity contribution is -0.128. The Morgan fingerprint density at radius 1 is 1.59 bits per heavy atom. The number of hydrogen-bond donors (Lipinski definition) is 1. The van der Waals surface area contributed by atoms with Gasteiger partial charge in [0.25, 0.3) is 0 Å². The van der Waals surface area contributed by atoms with Crippen LogP contribution < -0.4 is 0 Å². The van der Waals surface area contributed by atoms with Crippen molar-refractivity contribution in [3.8, 4) is 0 Å². The maximum absolute atomic E-state index is 12.0. The highest BCUT2D eigenvalue weighted by Gasteiger charge is 2.38. The van der Waals surface area contributed by atoms with Crippen LogP contribution in [0, 0.1) is 11.8 Å². The van der Waals surface area contributed by atoms with E-state index >= 15 is 0 Å². The van der Waals surface area contributed by atoms with Crippen molar-refractivity contribution in [2.45, 2.75) is 64.4 Å². The number of unbranched alkanes of at least 4 members (excludes halogenated alkanes) is 1. The van der Waals surface area contributed by atoms with Crippen LogP contribution in [0.2, 0.25) is 0 Å². The molecule has 0 amide bonds. The van der Waals surface area contributed by atoms with E-state index in [0.29, 0.717) is 24.5 Å². The SMILES string of the molecule is C=CC[C@@]1(O)CC[C@H](C(=O)CCCC)[C@@H](C)C1. The quantitative estimate of drug-likeness (QED) is 0.719. The van der Waals surface area contributed by atoms with Gasteiger partial charge in [-0.25, -0.2) is 0 Å². The maximum atomic E-state index is 12.0.